The molecule has 1 amide bonds. The fourth-order valence-electron chi connectivity index (χ4n) is 2.21. The van der Waals surface area contributed by atoms with Gasteiger partial charge in [0.1, 0.15) is 0 Å². The molecule has 21 heavy (non-hydrogen) atoms. The predicted molar refractivity (Wildman–Crippen MR) is 79.3 cm³/mol. The zero-order valence-electron chi connectivity index (χ0n) is 11.3. The maximum atomic E-state index is 11.4. The number of nitrogens with one attached hydrogen (secondary N) is 1. The second kappa shape index (κ2) is 5.24. The van der Waals surface area contributed by atoms with Crippen molar-refractivity contribution in [3.8, 4) is 11.5 Å². The normalized spacial score (nSPS) is 12.2. The molecule has 0 radical (unpaired) electrons. The number of ether oxygens (including phenoxy) is 2. The summed E-state index contributed by atoms with van der Waals surface area (Å²) in [4.78, 5) is 11.4. The van der Waals surface area contributed by atoms with E-state index in [0.29, 0.717) is 29.2 Å². The molecule has 0 fully saturated rings. The van der Waals surface area contributed by atoms with Crippen molar-refractivity contribution < 1.29 is 14.3 Å². The highest BCUT2D eigenvalue weighted by Gasteiger charge is 2.14. The van der Waals surface area contributed by atoms with Gasteiger partial charge in [0.05, 0.1) is 16.9 Å². The number of primary amides is 1. The van der Waals surface area contributed by atoms with Crippen LogP contribution in [0.2, 0.25) is 0 Å². The summed E-state index contributed by atoms with van der Waals surface area (Å²) in [5, 5.41) is 3.15. The summed E-state index contributed by atoms with van der Waals surface area (Å²) in [5.74, 6) is 0.928. The fraction of sp³-hybridized carbons (Fsp3) is 0.133. The Kier molecular flexibility index (Phi) is 3.27. The van der Waals surface area contributed by atoms with E-state index in [0.717, 1.165) is 11.3 Å². The highest BCUT2D eigenvalue weighted by atomic mass is 16.7. The van der Waals surface area contributed by atoms with Crippen LogP contribution in [0.5, 0.6) is 11.5 Å². The molecule has 6 heteroatoms. The van der Waals surface area contributed by atoms with Gasteiger partial charge in [0.15, 0.2) is 11.5 Å². The first kappa shape index (κ1) is 13.1. The molecule has 6 nitrogen and oxygen atoms in total. The molecule has 0 aromatic heterocycles. The van der Waals surface area contributed by atoms with Crippen LogP contribution in [0, 0.1) is 0 Å². The van der Waals surface area contributed by atoms with Crippen LogP contribution in [0.3, 0.4) is 0 Å². The number of carbonyl (C=O) groups is 1. The Morgan fingerprint density at radius 1 is 1.19 bits per heavy atom. The summed E-state index contributed by atoms with van der Waals surface area (Å²) in [6.07, 6.45) is 0. The zero-order chi connectivity index (χ0) is 14.8. The summed E-state index contributed by atoms with van der Waals surface area (Å²) in [6.45, 7) is 0.731. The third kappa shape index (κ3) is 2.55. The Labute approximate surface area is 121 Å². The molecule has 5 N–H and O–H groups in total. The zero-order valence-corrected chi connectivity index (χ0v) is 11.3. The summed E-state index contributed by atoms with van der Waals surface area (Å²) < 4.78 is 10.6. The molecule has 0 saturated heterocycles. The summed E-state index contributed by atoms with van der Waals surface area (Å²) >= 11 is 0. The molecular formula is C15H15N3O3. The van der Waals surface area contributed by atoms with E-state index in [4.69, 9.17) is 20.9 Å². The van der Waals surface area contributed by atoms with Crippen LogP contribution in [-0.2, 0) is 6.54 Å². The van der Waals surface area contributed by atoms with Gasteiger partial charge in [-0.05, 0) is 29.8 Å². The molecule has 0 aliphatic carbocycles. The van der Waals surface area contributed by atoms with Crippen LogP contribution >= 0.6 is 0 Å². The molecular weight excluding hydrogens is 270 g/mol. The number of carbonyl (C=O) groups excluding carboxylic acids is 1. The Morgan fingerprint density at radius 3 is 2.81 bits per heavy atom. The van der Waals surface area contributed by atoms with Gasteiger partial charge in [0, 0.05) is 6.54 Å². The van der Waals surface area contributed by atoms with E-state index in [1.165, 1.54) is 0 Å². The first-order valence-electron chi connectivity index (χ1n) is 6.46. The summed E-state index contributed by atoms with van der Waals surface area (Å²) in [6, 6.07) is 10.7. The molecule has 1 heterocycles. The SMILES string of the molecule is NC(=O)c1cccc(N)c1NCc1ccc2c(c1)OCO2. The number of para-hydroxylation sites is 1. The highest BCUT2D eigenvalue weighted by molar-refractivity contribution is 6.01. The van der Waals surface area contributed by atoms with Crippen LogP contribution in [0.4, 0.5) is 11.4 Å². The fourth-order valence-corrected chi connectivity index (χ4v) is 2.21. The van der Waals surface area contributed by atoms with Crippen molar-refractivity contribution >= 4 is 17.3 Å². The van der Waals surface area contributed by atoms with Crippen molar-refractivity contribution in [3.63, 3.8) is 0 Å². The quantitative estimate of drug-likeness (QED) is 0.743. The lowest BCUT2D eigenvalue weighted by molar-refractivity contribution is 0.100. The standard InChI is InChI=1S/C15H15N3O3/c16-11-3-1-2-10(15(17)19)14(11)18-7-9-4-5-12-13(6-9)21-8-20-12/h1-6,18H,7-8,16H2,(H2,17,19). The molecule has 1 aliphatic heterocycles. The van der Waals surface area contributed by atoms with E-state index in [1.54, 1.807) is 18.2 Å². The van der Waals surface area contributed by atoms with Gasteiger partial charge in [0.2, 0.25) is 6.79 Å². The monoisotopic (exact) mass is 285 g/mol. The van der Waals surface area contributed by atoms with Gasteiger partial charge in [-0.25, -0.2) is 0 Å². The third-order valence-electron chi connectivity index (χ3n) is 3.27. The van der Waals surface area contributed by atoms with E-state index < -0.39 is 5.91 Å². The van der Waals surface area contributed by atoms with Gasteiger partial charge in [-0.15, -0.1) is 0 Å². The average Bonchev–Trinajstić information content (AvgIpc) is 2.93. The number of hydrogen-bond acceptors (Lipinski definition) is 5. The maximum Gasteiger partial charge on any atom is 0.250 e. The van der Waals surface area contributed by atoms with Crippen LogP contribution in [-0.4, -0.2) is 12.7 Å². The minimum absolute atomic E-state index is 0.240. The molecule has 0 bridgehead atoms. The number of nitrogens with two attached hydrogens (primary N) is 2. The molecule has 108 valence electrons. The largest absolute Gasteiger partial charge is 0.454 e. The lowest BCUT2D eigenvalue weighted by Crippen LogP contribution is -2.15. The molecule has 2 aromatic carbocycles. The second-order valence-corrected chi connectivity index (χ2v) is 4.68. The van der Waals surface area contributed by atoms with Crippen LogP contribution in [0.25, 0.3) is 0 Å². The Balaban J connectivity index is 1.80. The number of benzene rings is 2. The number of fused-ring (bicyclic) bond motifs is 1. The predicted octanol–water partition coefficient (Wildman–Crippen LogP) is 1.71. The maximum absolute atomic E-state index is 11.4. The molecule has 0 atom stereocenters. The first-order valence-corrected chi connectivity index (χ1v) is 6.46. The van der Waals surface area contributed by atoms with Gasteiger partial charge in [-0.1, -0.05) is 12.1 Å². The first-order chi connectivity index (χ1) is 10.1. The van der Waals surface area contributed by atoms with Crippen molar-refractivity contribution in [2.24, 2.45) is 5.73 Å². The van der Waals surface area contributed by atoms with Gasteiger partial charge in [-0.2, -0.15) is 0 Å². The molecule has 3 rings (SSSR count). The lowest BCUT2D eigenvalue weighted by Gasteiger charge is -2.13. The summed E-state index contributed by atoms with van der Waals surface area (Å²) in [7, 11) is 0. The van der Waals surface area contributed by atoms with Crippen LogP contribution in [0.1, 0.15) is 15.9 Å². The number of hydrogen-bond donors (Lipinski definition) is 3. The van der Waals surface area contributed by atoms with E-state index in [9.17, 15) is 4.79 Å². The smallest absolute Gasteiger partial charge is 0.250 e. The van der Waals surface area contributed by atoms with Crippen LogP contribution in [0.15, 0.2) is 36.4 Å². The van der Waals surface area contributed by atoms with Gasteiger partial charge >= 0.3 is 0 Å². The molecule has 1 aliphatic rings. The van der Waals surface area contributed by atoms with Gasteiger partial charge in [0.25, 0.3) is 5.91 Å². The van der Waals surface area contributed by atoms with Gasteiger partial charge in [-0.3, -0.25) is 4.79 Å². The van der Waals surface area contributed by atoms with E-state index in [-0.39, 0.29) is 6.79 Å². The molecule has 0 unspecified atom stereocenters. The van der Waals surface area contributed by atoms with Gasteiger partial charge < -0.3 is 26.3 Å². The van der Waals surface area contributed by atoms with E-state index in [2.05, 4.69) is 5.32 Å². The third-order valence-corrected chi connectivity index (χ3v) is 3.27. The lowest BCUT2D eigenvalue weighted by atomic mass is 10.1. The van der Waals surface area contributed by atoms with Crippen molar-refractivity contribution in [2.45, 2.75) is 6.54 Å². The molecule has 0 spiro atoms. The summed E-state index contributed by atoms with van der Waals surface area (Å²) in [5.41, 5.74) is 13.6. The van der Waals surface area contributed by atoms with Crippen molar-refractivity contribution in [3.05, 3.63) is 47.5 Å². The Bertz CT molecular complexity index is 701. The Morgan fingerprint density at radius 2 is 2.00 bits per heavy atom. The van der Waals surface area contributed by atoms with Crippen LogP contribution < -0.4 is 26.3 Å². The van der Waals surface area contributed by atoms with Crippen molar-refractivity contribution in [1.29, 1.82) is 0 Å². The number of anilines is 2. The molecule has 2 aromatic rings. The minimum atomic E-state index is -0.518. The second-order valence-electron chi connectivity index (χ2n) is 4.68. The number of amides is 1. The average molecular weight is 285 g/mol. The minimum Gasteiger partial charge on any atom is -0.454 e. The highest BCUT2D eigenvalue weighted by Crippen LogP contribution is 2.33. The van der Waals surface area contributed by atoms with Crippen molar-refractivity contribution in [2.75, 3.05) is 17.8 Å². The number of rotatable bonds is 4. The topological polar surface area (TPSA) is 99.6 Å². The van der Waals surface area contributed by atoms with E-state index >= 15 is 0 Å². The van der Waals surface area contributed by atoms with Crippen molar-refractivity contribution in [1.82, 2.24) is 0 Å². The van der Waals surface area contributed by atoms with E-state index in [1.807, 2.05) is 18.2 Å². The number of nitrogen functional groups attached to an aromatic ring is 1. The molecule has 0 saturated carbocycles. The Hall–Kier alpha value is -2.89.